The molecule has 0 saturated carbocycles. The minimum Gasteiger partial charge on any atom is -0.485 e. The van der Waals surface area contributed by atoms with Crippen LogP contribution in [0.1, 0.15) is 12.5 Å². The number of ketones is 1. The highest BCUT2D eigenvalue weighted by Crippen LogP contribution is 2.27. The molecule has 1 aliphatic heterocycles. The van der Waals surface area contributed by atoms with Gasteiger partial charge in [0.15, 0.2) is 12.4 Å². The van der Waals surface area contributed by atoms with Crippen LogP contribution in [0.15, 0.2) is 30.3 Å². The third kappa shape index (κ3) is 1.47. The molecule has 1 aliphatic rings. The van der Waals surface area contributed by atoms with Gasteiger partial charge in [0.25, 0.3) is 0 Å². The summed E-state index contributed by atoms with van der Waals surface area (Å²) in [5, 5.41) is 0. The summed E-state index contributed by atoms with van der Waals surface area (Å²) in [6, 6.07) is 7.68. The molecular formula is C11H10O2. The van der Waals surface area contributed by atoms with E-state index < -0.39 is 0 Å². The highest BCUT2D eigenvalue weighted by atomic mass is 16.5. The molecule has 0 aliphatic carbocycles. The first-order valence-electron chi connectivity index (χ1n) is 4.21. The first-order chi connectivity index (χ1) is 6.27. The van der Waals surface area contributed by atoms with E-state index in [1.54, 1.807) is 6.08 Å². The zero-order valence-corrected chi connectivity index (χ0v) is 7.41. The molecule has 1 heterocycles. The van der Waals surface area contributed by atoms with E-state index in [1.807, 2.05) is 31.2 Å². The number of benzene rings is 1. The predicted molar refractivity (Wildman–Crippen MR) is 50.6 cm³/mol. The second kappa shape index (κ2) is 3.05. The second-order valence-electron chi connectivity index (χ2n) is 3.08. The Morgan fingerprint density at radius 3 is 2.92 bits per heavy atom. The van der Waals surface area contributed by atoms with Crippen LogP contribution in [-0.2, 0) is 4.79 Å². The molecule has 2 heteroatoms. The Morgan fingerprint density at radius 2 is 2.08 bits per heavy atom. The van der Waals surface area contributed by atoms with E-state index in [2.05, 4.69) is 0 Å². The van der Waals surface area contributed by atoms with Crippen LogP contribution in [0.4, 0.5) is 0 Å². The van der Waals surface area contributed by atoms with Crippen LogP contribution in [0.5, 0.6) is 5.75 Å². The van der Waals surface area contributed by atoms with Gasteiger partial charge in [-0.2, -0.15) is 0 Å². The number of fused-ring (bicyclic) bond motifs is 1. The van der Waals surface area contributed by atoms with Crippen molar-refractivity contribution in [3.63, 3.8) is 0 Å². The summed E-state index contributed by atoms with van der Waals surface area (Å²) in [5.74, 6) is 0.816. The van der Waals surface area contributed by atoms with Gasteiger partial charge in [-0.15, -0.1) is 0 Å². The summed E-state index contributed by atoms with van der Waals surface area (Å²) < 4.78 is 5.33. The smallest absolute Gasteiger partial charge is 0.193 e. The van der Waals surface area contributed by atoms with Crippen molar-refractivity contribution >= 4 is 11.4 Å². The quantitative estimate of drug-likeness (QED) is 0.601. The largest absolute Gasteiger partial charge is 0.485 e. The van der Waals surface area contributed by atoms with Crippen molar-refractivity contribution in [3.05, 3.63) is 35.9 Å². The van der Waals surface area contributed by atoms with Crippen LogP contribution in [0.25, 0.3) is 5.57 Å². The second-order valence-corrected chi connectivity index (χ2v) is 3.08. The number of rotatable bonds is 0. The summed E-state index contributed by atoms with van der Waals surface area (Å²) in [7, 11) is 0. The fourth-order valence-electron chi connectivity index (χ4n) is 1.43. The zero-order chi connectivity index (χ0) is 9.26. The molecule has 1 aromatic rings. The number of allylic oxidation sites excluding steroid dienone is 1. The van der Waals surface area contributed by atoms with Crippen LogP contribution in [0, 0.1) is 0 Å². The van der Waals surface area contributed by atoms with Crippen LogP contribution < -0.4 is 4.74 Å². The van der Waals surface area contributed by atoms with Crippen LogP contribution in [-0.4, -0.2) is 12.4 Å². The molecule has 2 nitrogen and oxygen atoms in total. The number of ether oxygens (including phenoxy) is 1. The lowest BCUT2D eigenvalue weighted by molar-refractivity contribution is -0.116. The van der Waals surface area contributed by atoms with Crippen LogP contribution in [0.2, 0.25) is 0 Å². The molecule has 0 aromatic heterocycles. The number of para-hydroxylation sites is 1. The standard InChI is InChI=1S/C11H10O2/c1-8-6-9(12)7-13-11-5-3-2-4-10(8)11/h2-6H,7H2,1H3. The van der Waals surface area contributed by atoms with Crippen molar-refractivity contribution in [2.45, 2.75) is 6.92 Å². The molecule has 0 atom stereocenters. The molecule has 0 amide bonds. The summed E-state index contributed by atoms with van der Waals surface area (Å²) >= 11 is 0. The third-order valence-electron chi connectivity index (χ3n) is 2.06. The van der Waals surface area contributed by atoms with Crippen LogP contribution >= 0.6 is 0 Å². The Labute approximate surface area is 76.8 Å². The van der Waals surface area contributed by atoms with Crippen molar-refractivity contribution in [1.29, 1.82) is 0 Å². The fraction of sp³-hybridized carbons (Fsp3) is 0.182. The van der Waals surface area contributed by atoms with E-state index in [9.17, 15) is 4.79 Å². The minimum atomic E-state index is 0.0219. The van der Waals surface area contributed by atoms with E-state index in [0.29, 0.717) is 0 Å². The number of hydrogen-bond acceptors (Lipinski definition) is 2. The van der Waals surface area contributed by atoms with Gasteiger partial charge in [-0.1, -0.05) is 18.2 Å². The van der Waals surface area contributed by atoms with Gasteiger partial charge in [0, 0.05) is 5.56 Å². The van der Waals surface area contributed by atoms with Gasteiger partial charge in [-0.05, 0) is 24.6 Å². The van der Waals surface area contributed by atoms with E-state index in [0.717, 1.165) is 16.9 Å². The molecule has 0 bridgehead atoms. The van der Waals surface area contributed by atoms with Gasteiger partial charge in [-0.3, -0.25) is 4.79 Å². The van der Waals surface area contributed by atoms with E-state index in [4.69, 9.17) is 4.74 Å². The first-order valence-corrected chi connectivity index (χ1v) is 4.21. The summed E-state index contributed by atoms with van der Waals surface area (Å²) in [6.07, 6.45) is 1.63. The maximum atomic E-state index is 11.2. The van der Waals surface area contributed by atoms with E-state index >= 15 is 0 Å². The number of carbonyl (C=O) groups is 1. The molecule has 0 N–H and O–H groups in total. The predicted octanol–water partition coefficient (Wildman–Crippen LogP) is 2.05. The Morgan fingerprint density at radius 1 is 1.31 bits per heavy atom. The van der Waals surface area contributed by atoms with Crippen molar-refractivity contribution in [2.24, 2.45) is 0 Å². The fourth-order valence-corrected chi connectivity index (χ4v) is 1.43. The molecule has 0 radical (unpaired) electrons. The van der Waals surface area contributed by atoms with E-state index in [-0.39, 0.29) is 12.4 Å². The molecule has 0 spiro atoms. The Bertz CT molecular complexity index is 377. The Hall–Kier alpha value is -1.57. The summed E-state index contributed by atoms with van der Waals surface area (Å²) in [4.78, 5) is 11.2. The highest BCUT2D eigenvalue weighted by molar-refractivity contribution is 5.99. The van der Waals surface area contributed by atoms with Gasteiger partial charge >= 0.3 is 0 Å². The normalized spacial score (nSPS) is 15.5. The van der Waals surface area contributed by atoms with Gasteiger partial charge < -0.3 is 4.74 Å². The maximum absolute atomic E-state index is 11.2. The SMILES string of the molecule is CC1=CC(=O)COc2ccccc21. The molecule has 66 valence electrons. The highest BCUT2D eigenvalue weighted by Gasteiger charge is 2.11. The summed E-state index contributed by atoms with van der Waals surface area (Å²) in [6.45, 7) is 2.07. The maximum Gasteiger partial charge on any atom is 0.193 e. The third-order valence-corrected chi connectivity index (χ3v) is 2.06. The topological polar surface area (TPSA) is 26.3 Å². The minimum absolute atomic E-state index is 0.0219. The lowest BCUT2D eigenvalue weighted by atomic mass is 10.1. The first kappa shape index (κ1) is 8.05. The molecular weight excluding hydrogens is 164 g/mol. The molecule has 13 heavy (non-hydrogen) atoms. The van der Waals surface area contributed by atoms with Gasteiger partial charge in [0.2, 0.25) is 0 Å². The molecule has 0 saturated heterocycles. The van der Waals surface area contributed by atoms with Crippen molar-refractivity contribution in [3.8, 4) is 5.75 Å². The Kier molecular flexibility index (Phi) is 1.89. The number of hydrogen-bond donors (Lipinski definition) is 0. The summed E-state index contributed by atoms with van der Waals surface area (Å²) in [5.41, 5.74) is 1.98. The average molecular weight is 174 g/mol. The van der Waals surface area contributed by atoms with Crippen LogP contribution in [0.3, 0.4) is 0 Å². The molecule has 2 rings (SSSR count). The molecule has 0 fully saturated rings. The average Bonchev–Trinajstić information content (AvgIpc) is 2.27. The zero-order valence-electron chi connectivity index (χ0n) is 7.41. The van der Waals surface area contributed by atoms with Gasteiger partial charge in [0.05, 0.1) is 0 Å². The number of carbonyl (C=O) groups excluding carboxylic acids is 1. The lowest BCUT2D eigenvalue weighted by Gasteiger charge is -2.05. The lowest BCUT2D eigenvalue weighted by Crippen LogP contribution is -2.06. The monoisotopic (exact) mass is 174 g/mol. The van der Waals surface area contributed by atoms with Crippen molar-refractivity contribution in [2.75, 3.05) is 6.61 Å². The molecule has 1 aromatic carbocycles. The van der Waals surface area contributed by atoms with Crippen molar-refractivity contribution in [1.82, 2.24) is 0 Å². The van der Waals surface area contributed by atoms with Gasteiger partial charge in [-0.25, -0.2) is 0 Å². The molecule has 0 unspecified atom stereocenters. The Balaban J connectivity index is 2.54. The van der Waals surface area contributed by atoms with E-state index in [1.165, 1.54) is 0 Å². The van der Waals surface area contributed by atoms with Gasteiger partial charge in [0.1, 0.15) is 5.75 Å². The van der Waals surface area contributed by atoms with Crippen molar-refractivity contribution < 1.29 is 9.53 Å².